The predicted molar refractivity (Wildman–Crippen MR) is 95.3 cm³/mol. The molecular weight excluding hydrogens is 332 g/mol. The van der Waals surface area contributed by atoms with Crippen LogP contribution < -0.4 is 10.6 Å². The Kier molecular flexibility index (Phi) is 3.94. The van der Waals surface area contributed by atoms with Gasteiger partial charge in [0.25, 0.3) is 5.89 Å². The van der Waals surface area contributed by atoms with Crippen molar-refractivity contribution in [2.24, 2.45) is 0 Å². The summed E-state index contributed by atoms with van der Waals surface area (Å²) < 4.78 is 5.29. The number of nitrogen functional groups attached to an aromatic ring is 1. The number of hydrogen-bond donors (Lipinski definition) is 1. The molecule has 3 heterocycles. The Morgan fingerprint density at radius 1 is 0.885 bits per heavy atom. The second kappa shape index (κ2) is 6.55. The van der Waals surface area contributed by atoms with Crippen LogP contribution in [0.3, 0.4) is 0 Å². The topological polar surface area (TPSA) is 120 Å². The zero-order valence-corrected chi connectivity index (χ0v) is 13.8. The van der Waals surface area contributed by atoms with E-state index in [1.807, 2.05) is 37.4 Å². The molecule has 0 spiro atoms. The van der Waals surface area contributed by atoms with Crippen molar-refractivity contribution in [3.05, 3.63) is 54.9 Å². The first-order valence-corrected chi connectivity index (χ1v) is 7.75. The molecule has 9 heteroatoms. The van der Waals surface area contributed by atoms with E-state index >= 15 is 0 Å². The van der Waals surface area contributed by atoms with Crippen LogP contribution in [0.4, 0.5) is 17.6 Å². The smallest absolute Gasteiger partial charge is 0.258 e. The maximum atomic E-state index is 5.85. The quantitative estimate of drug-likeness (QED) is 0.593. The summed E-state index contributed by atoms with van der Waals surface area (Å²) in [6.45, 7) is 0. The van der Waals surface area contributed by atoms with Gasteiger partial charge in [0.05, 0.1) is 0 Å². The molecule has 0 fully saturated rings. The summed E-state index contributed by atoms with van der Waals surface area (Å²) in [4.78, 5) is 22.8. The Labute approximate surface area is 148 Å². The third-order valence-electron chi connectivity index (χ3n) is 3.64. The van der Waals surface area contributed by atoms with Crippen LogP contribution in [0, 0.1) is 0 Å². The fraction of sp³-hybridized carbons (Fsp3) is 0.0588. The van der Waals surface area contributed by atoms with E-state index in [4.69, 9.17) is 10.3 Å². The average Bonchev–Trinajstić information content (AvgIpc) is 3.19. The molecule has 1 aromatic carbocycles. The van der Waals surface area contributed by atoms with Crippen LogP contribution in [-0.4, -0.2) is 37.1 Å². The molecule has 2 N–H and O–H groups in total. The van der Waals surface area contributed by atoms with Crippen LogP contribution in [0.2, 0.25) is 0 Å². The van der Waals surface area contributed by atoms with Crippen molar-refractivity contribution in [3.8, 4) is 23.1 Å². The highest BCUT2D eigenvalue weighted by Gasteiger charge is 2.17. The van der Waals surface area contributed by atoms with Gasteiger partial charge in [-0.1, -0.05) is 23.4 Å². The van der Waals surface area contributed by atoms with Crippen LogP contribution in [-0.2, 0) is 0 Å². The summed E-state index contributed by atoms with van der Waals surface area (Å²) in [7, 11) is 1.84. The third kappa shape index (κ3) is 3.05. The number of para-hydroxylation sites is 1. The number of nitrogens with two attached hydrogens (primary N) is 1. The van der Waals surface area contributed by atoms with Crippen LogP contribution in [0.25, 0.3) is 23.1 Å². The number of nitrogens with zero attached hydrogens (tertiary/aromatic N) is 7. The largest absolute Gasteiger partial charge is 0.368 e. The zero-order valence-electron chi connectivity index (χ0n) is 13.8. The van der Waals surface area contributed by atoms with Crippen LogP contribution in [0.15, 0.2) is 59.4 Å². The number of hydrogen-bond acceptors (Lipinski definition) is 9. The van der Waals surface area contributed by atoms with Crippen LogP contribution in [0.5, 0.6) is 0 Å². The molecule has 0 saturated heterocycles. The minimum Gasteiger partial charge on any atom is -0.368 e. The van der Waals surface area contributed by atoms with Crippen molar-refractivity contribution >= 4 is 17.6 Å². The number of anilines is 3. The second-order valence-corrected chi connectivity index (χ2v) is 5.37. The molecule has 3 aromatic heterocycles. The first-order valence-electron chi connectivity index (χ1n) is 7.75. The van der Waals surface area contributed by atoms with Crippen molar-refractivity contribution < 1.29 is 4.52 Å². The first kappa shape index (κ1) is 15.6. The molecular formula is C17H14N8O. The molecule has 0 radical (unpaired) electrons. The lowest BCUT2D eigenvalue weighted by Crippen LogP contribution is -2.15. The van der Waals surface area contributed by atoms with Crippen molar-refractivity contribution in [3.63, 3.8) is 0 Å². The van der Waals surface area contributed by atoms with E-state index in [9.17, 15) is 0 Å². The molecule has 0 aliphatic carbocycles. The number of rotatable bonds is 4. The lowest BCUT2D eigenvalue weighted by molar-refractivity contribution is 0.432. The Hall–Kier alpha value is -3.88. The van der Waals surface area contributed by atoms with Crippen molar-refractivity contribution in [2.75, 3.05) is 17.7 Å². The van der Waals surface area contributed by atoms with E-state index in [2.05, 4.69) is 30.1 Å². The summed E-state index contributed by atoms with van der Waals surface area (Å²) in [5.74, 6) is 1.27. The number of pyridine rings is 1. The van der Waals surface area contributed by atoms with Gasteiger partial charge in [0.2, 0.25) is 23.5 Å². The van der Waals surface area contributed by atoms with E-state index in [1.54, 1.807) is 29.4 Å². The average molecular weight is 346 g/mol. The number of aromatic nitrogens is 6. The van der Waals surface area contributed by atoms with E-state index < -0.39 is 0 Å². The SMILES string of the molecule is CN(c1ccccc1)c1nc(N)nc(-c2noc(-c3ccncc3)n2)n1. The van der Waals surface area contributed by atoms with Gasteiger partial charge in [0, 0.05) is 30.7 Å². The third-order valence-corrected chi connectivity index (χ3v) is 3.64. The summed E-state index contributed by atoms with van der Waals surface area (Å²) in [6.07, 6.45) is 3.29. The maximum absolute atomic E-state index is 5.85. The predicted octanol–water partition coefficient (Wildman–Crippen LogP) is 2.33. The Bertz CT molecular complexity index is 1020. The van der Waals surface area contributed by atoms with Crippen molar-refractivity contribution in [1.29, 1.82) is 0 Å². The molecule has 0 amide bonds. The molecule has 128 valence electrons. The van der Waals surface area contributed by atoms with Gasteiger partial charge in [-0.2, -0.15) is 19.9 Å². The van der Waals surface area contributed by atoms with Gasteiger partial charge in [0.1, 0.15) is 0 Å². The van der Waals surface area contributed by atoms with Gasteiger partial charge in [-0.05, 0) is 24.3 Å². The molecule has 0 atom stereocenters. The van der Waals surface area contributed by atoms with E-state index in [-0.39, 0.29) is 17.6 Å². The standard InChI is InChI=1S/C17H14N8O/c1-25(12-5-3-2-4-6-12)17-22-13(21-16(18)23-17)14-20-15(26-24-14)11-7-9-19-10-8-11/h2-10H,1H3,(H2,18,21,22,23). The van der Waals surface area contributed by atoms with Gasteiger partial charge in [-0.3, -0.25) is 4.98 Å². The normalized spacial score (nSPS) is 10.7. The van der Waals surface area contributed by atoms with Gasteiger partial charge in [-0.25, -0.2) is 0 Å². The Morgan fingerprint density at radius 3 is 2.42 bits per heavy atom. The second-order valence-electron chi connectivity index (χ2n) is 5.37. The van der Waals surface area contributed by atoms with E-state index in [0.717, 1.165) is 11.3 Å². The van der Waals surface area contributed by atoms with Crippen LogP contribution >= 0.6 is 0 Å². The van der Waals surface area contributed by atoms with Crippen molar-refractivity contribution in [1.82, 2.24) is 30.1 Å². The number of benzene rings is 1. The molecule has 4 rings (SSSR count). The Morgan fingerprint density at radius 2 is 1.65 bits per heavy atom. The molecule has 26 heavy (non-hydrogen) atoms. The van der Waals surface area contributed by atoms with Gasteiger partial charge in [-0.15, -0.1) is 0 Å². The first-order chi connectivity index (χ1) is 12.7. The van der Waals surface area contributed by atoms with Gasteiger partial charge >= 0.3 is 0 Å². The molecule has 0 unspecified atom stereocenters. The summed E-state index contributed by atoms with van der Waals surface area (Å²) in [6, 6.07) is 13.2. The highest BCUT2D eigenvalue weighted by molar-refractivity contribution is 5.60. The maximum Gasteiger partial charge on any atom is 0.258 e. The fourth-order valence-corrected chi connectivity index (χ4v) is 2.32. The minimum absolute atomic E-state index is 0.0723. The zero-order chi connectivity index (χ0) is 17.9. The molecule has 9 nitrogen and oxygen atoms in total. The van der Waals surface area contributed by atoms with Crippen LogP contribution in [0.1, 0.15) is 0 Å². The fourth-order valence-electron chi connectivity index (χ4n) is 2.32. The minimum atomic E-state index is 0.0723. The monoisotopic (exact) mass is 346 g/mol. The highest BCUT2D eigenvalue weighted by Crippen LogP contribution is 2.23. The summed E-state index contributed by atoms with van der Waals surface area (Å²) in [5, 5.41) is 3.94. The molecule has 0 aliphatic rings. The molecule has 4 aromatic rings. The van der Waals surface area contributed by atoms with E-state index in [1.165, 1.54) is 0 Å². The molecule has 0 aliphatic heterocycles. The highest BCUT2D eigenvalue weighted by atomic mass is 16.5. The van der Waals surface area contributed by atoms with Gasteiger partial charge in [0.15, 0.2) is 0 Å². The molecule has 0 bridgehead atoms. The van der Waals surface area contributed by atoms with Gasteiger partial charge < -0.3 is 15.2 Å². The Balaban J connectivity index is 1.70. The summed E-state index contributed by atoms with van der Waals surface area (Å²) >= 11 is 0. The summed E-state index contributed by atoms with van der Waals surface area (Å²) in [5.41, 5.74) is 7.51. The van der Waals surface area contributed by atoms with Crippen molar-refractivity contribution in [2.45, 2.75) is 0 Å². The lowest BCUT2D eigenvalue weighted by atomic mass is 10.3. The van der Waals surface area contributed by atoms with E-state index in [0.29, 0.717) is 11.8 Å². The molecule has 0 saturated carbocycles. The lowest BCUT2D eigenvalue weighted by Gasteiger charge is -2.17.